The summed E-state index contributed by atoms with van der Waals surface area (Å²) in [5, 5.41) is 8.40. The molecule has 0 aliphatic carbocycles. The molecule has 1 aliphatic heterocycles. The second kappa shape index (κ2) is 6.11. The van der Waals surface area contributed by atoms with Crippen LogP contribution in [-0.4, -0.2) is 27.3 Å². The summed E-state index contributed by atoms with van der Waals surface area (Å²) in [4.78, 5) is 0. The van der Waals surface area contributed by atoms with Crippen LogP contribution in [0.5, 0.6) is 0 Å². The first-order valence-corrected chi connectivity index (χ1v) is 8.12. The number of nitrogens with one attached hydrogen (secondary N) is 1. The zero-order valence-corrected chi connectivity index (χ0v) is 12.8. The van der Waals surface area contributed by atoms with Gasteiger partial charge in [-0.3, -0.25) is 4.68 Å². The van der Waals surface area contributed by atoms with Gasteiger partial charge < -0.3 is 5.32 Å². The smallest absolute Gasteiger partial charge is 0.0644 e. The first-order valence-electron chi connectivity index (χ1n) is 6.97. The highest BCUT2D eigenvalue weighted by atomic mass is 32.2. The third-order valence-corrected chi connectivity index (χ3v) is 5.03. The standard InChI is InChI=1S/C14H25N3S/c1-5-13(15-12-6-8-18-9-7-12)14-10(2)16-17(4)11(14)3/h12-13,15H,5-9H2,1-4H3. The van der Waals surface area contributed by atoms with E-state index in [4.69, 9.17) is 0 Å². The molecular weight excluding hydrogens is 242 g/mol. The molecule has 1 saturated heterocycles. The van der Waals surface area contributed by atoms with Crippen molar-refractivity contribution < 1.29 is 0 Å². The minimum absolute atomic E-state index is 0.465. The van der Waals surface area contributed by atoms with Gasteiger partial charge in [-0.1, -0.05) is 6.92 Å². The zero-order valence-electron chi connectivity index (χ0n) is 12.0. The predicted molar refractivity (Wildman–Crippen MR) is 79.2 cm³/mol. The molecule has 1 fully saturated rings. The van der Waals surface area contributed by atoms with Crippen LogP contribution in [0.15, 0.2) is 0 Å². The van der Waals surface area contributed by atoms with Gasteiger partial charge in [0.2, 0.25) is 0 Å². The van der Waals surface area contributed by atoms with Gasteiger partial charge in [0.1, 0.15) is 0 Å². The second-order valence-corrected chi connectivity index (χ2v) is 6.45. The largest absolute Gasteiger partial charge is 0.307 e. The molecule has 0 saturated carbocycles. The lowest BCUT2D eigenvalue weighted by molar-refractivity contribution is 0.404. The average molecular weight is 267 g/mol. The van der Waals surface area contributed by atoms with Crippen molar-refractivity contribution in [3.8, 4) is 0 Å². The molecule has 1 unspecified atom stereocenters. The van der Waals surface area contributed by atoms with Crippen molar-refractivity contribution in [1.29, 1.82) is 0 Å². The average Bonchev–Trinajstić information content (AvgIpc) is 2.62. The van der Waals surface area contributed by atoms with Crippen LogP contribution in [0.1, 0.15) is 49.2 Å². The van der Waals surface area contributed by atoms with Crippen LogP contribution in [0.2, 0.25) is 0 Å². The molecular formula is C14H25N3S. The Morgan fingerprint density at radius 2 is 2.06 bits per heavy atom. The summed E-state index contributed by atoms with van der Waals surface area (Å²) >= 11 is 2.08. The summed E-state index contributed by atoms with van der Waals surface area (Å²) in [5.74, 6) is 2.61. The van der Waals surface area contributed by atoms with Gasteiger partial charge in [0.05, 0.1) is 5.69 Å². The quantitative estimate of drug-likeness (QED) is 0.909. The summed E-state index contributed by atoms with van der Waals surface area (Å²) in [6.45, 7) is 6.57. The van der Waals surface area contributed by atoms with Crippen LogP contribution < -0.4 is 5.32 Å². The Hall–Kier alpha value is -0.480. The Morgan fingerprint density at radius 1 is 1.39 bits per heavy atom. The fourth-order valence-electron chi connectivity index (χ4n) is 2.85. The van der Waals surface area contributed by atoms with Gasteiger partial charge in [0.25, 0.3) is 0 Å². The van der Waals surface area contributed by atoms with E-state index in [1.54, 1.807) is 0 Å². The fourth-order valence-corrected chi connectivity index (χ4v) is 3.95. The minimum atomic E-state index is 0.465. The van der Waals surface area contributed by atoms with Gasteiger partial charge >= 0.3 is 0 Å². The molecule has 3 nitrogen and oxygen atoms in total. The molecule has 1 aromatic rings. The van der Waals surface area contributed by atoms with Crippen molar-refractivity contribution in [2.24, 2.45) is 7.05 Å². The summed E-state index contributed by atoms with van der Waals surface area (Å²) in [7, 11) is 2.04. The third kappa shape index (κ3) is 2.91. The Labute approximate surface area is 115 Å². The van der Waals surface area contributed by atoms with E-state index in [9.17, 15) is 0 Å². The van der Waals surface area contributed by atoms with E-state index in [1.807, 2.05) is 11.7 Å². The van der Waals surface area contributed by atoms with E-state index in [0.29, 0.717) is 12.1 Å². The Balaban J connectivity index is 2.12. The van der Waals surface area contributed by atoms with Crippen LogP contribution in [0, 0.1) is 13.8 Å². The highest BCUT2D eigenvalue weighted by molar-refractivity contribution is 7.99. The van der Waals surface area contributed by atoms with Gasteiger partial charge in [-0.05, 0) is 44.6 Å². The molecule has 18 heavy (non-hydrogen) atoms. The maximum absolute atomic E-state index is 4.55. The van der Waals surface area contributed by atoms with Crippen molar-refractivity contribution in [2.75, 3.05) is 11.5 Å². The number of thioether (sulfide) groups is 1. The van der Waals surface area contributed by atoms with E-state index < -0.39 is 0 Å². The van der Waals surface area contributed by atoms with Crippen LogP contribution in [0.3, 0.4) is 0 Å². The molecule has 0 bridgehead atoms. The second-order valence-electron chi connectivity index (χ2n) is 5.22. The number of aryl methyl sites for hydroxylation is 2. The first-order chi connectivity index (χ1) is 8.63. The van der Waals surface area contributed by atoms with Crippen molar-refractivity contribution in [3.05, 3.63) is 17.0 Å². The molecule has 4 heteroatoms. The lowest BCUT2D eigenvalue weighted by atomic mass is 10.00. The van der Waals surface area contributed by atoms with E-state index in [-0.39, 0.29) is 0 Å². The molecule has 0 radical (unpaired) electrons. The Bertz CT molecular complexity index is 394. The molecule has 0 spiro atoms. The molecule has 2 rings (SSSR count). The Morgan fingerprint density at radius 3 is 2.56 bits per heavy atom. The molecule has 0 aromatic carbocycles. The molecule has 1 aliphatic rings. The summed E-state index contributed by atoms with van der Waals surface area (Å²) < 4.78 is 2.01. The van der Waals surface area contributed by atoms with E-state index in [0.717, 1.165) is 6.42 Å². The van der Waals surface area contributed by atoms with Gasteiger partial charge in [-0.2, -0.15) is 16.9 Å². The summed E-state index contributed by atoms with van der Waals surface area (Å²) in [6, 6.07) is 1.15. The highest BCUT2D eigenvalue weighted by Gasteiger charge is 2.22. The third-order valence-electron chi connectivity index (χ3n) is 3.98. The van der Waals surface area contributed by atoms with Crippen LogP contribution in [-0.2, 0) is 7.05 Å². The maximum atomic E-state index is 4.55. The van der Waals surface area contributed by atoms with Gasteiger partial charge in [-0.15, -0.1) is 0 Å². The molecule has 1 N–H and O–H groups in total. The van der Waals surface area contributed by atoms with E-state index in [1.165, 1.54) is 41.3 Å². The van der Waals surface area contributed by atoms with Crippen molar-refractivity contribution in [3.63, 3.8) is 0 Å². The Kier molecular flexibility index (Phi) is 4.73. The summed E-state index contributed by atoms with van der Waals surface area (Å²) in [6.07, 6.45) is 3.75. The van der Waals surface area contributed by atoms with Gasteiger partial charge in [0.15, 0.2) is 0 Å². The van der Waals surface area contributed by atoms with Gasteiger partial charge in [-0.25, -0.2) is 0 Å². The van der Waals surface area contributed by atoms with Crippen LogP contribution >= 0.6 is 11.8 Å². The number of nitrogens with zero attached hydrogens (tertiary/aromatic N) is 2. The number of hydrogen-bond acceptors (Lipinski definition) is 3. The van der Waals surface area contributed by atoms with Gasteiger partial charge in [0, 0.05) is 30.4 Å². The fraction of sp³-hybridized carbons (Fsp3) is 0.786. The monoisotopic (exact) mass is 267 g/mol. The molecule has 0 amide bonds. The van der Waals surface area contributed by atoms with Crippen LogP contribution in [0.25, 0.3) is 0 Å². The van der Waals surface area contributed by atoms with Crippen molar-refractivity contribution >= 4 is 11.8 Å². The maximum Gasteiger partial charge on any atom is 0.0644 e. The highest BCUT2D eigenvalue weighted by Crippen LogP contribution is 2.26. The zero-order chi connectivity index (χ0) is 13.1. The molecule has 1 atom stereocenters. The summed E-state index contributed by atoms with van der Waals surface area (Å²) in [5.41, 5.74) is 3.90. The molecule has 1 aromatic heterocycles. The lowest BCUT2D eigenvalue weighted by Crippen LogP contribution is -2.35. The van der Waals surface area contributed by atoms with E-state index >= 15 is 0 Å². The topological polar surface area (TPSA) is 29.9 Å². The van der Waals surface area contributed by atoms with Crippen molar-refractivity contribution in [1.82, 2.24) is 15.1 Å². The van der Waals surface area contributed by atoms with E-state index in [2.05, 4.69) is 42.9 Å². The van der Waals surface area contributed by atoms with Crippen LogP contribution in [0.4, 0.5) is 0 Å². The number of rotatable bonds is 4. The molecule has 102 valence electrons. The predicted octanol–water partition coefficient (Wildman–Crippen LogP) is 2.97. The lowest BCUT2D eigenvalue weighted by Gasteiger charge is -2.28. The SMILES string of the molecule is CCC(NC1CCSCC1)c1c(C)nn(C)c1C. The van der Waals surface area contributed by atoms with Crippen molar-refractivity contribution in [2.45, 2.75) is 52.1 Å². The molecule has 2 heterocycles. The first kappa shape index (κ1) is 13.9. The number of hydrogen-bond donors (Lipinski definition) is 1. The minimum Gasteiger partial charge on any atom is -0.307 e. The number of aromatic nitrogens is 2. The normalized spacial score (nSPS) is 19.1.